The number of likely N-dealkylation sites (N-methyl/N-ethyl adjacent to an activating group) is 1. The number of aromatic nitrogens is 3. The molecule has 0 fully saturated rings. The van der Waals surface area contributed by atoms with Crippen molar-refractivity contribution in [3.8, 4) is 0 Å². The van der Waals surface area contributed by atoms with Gasteiger partial charge in [0.2, 0.25) is 0 Å². The van der Waals surface area contributed by atoms with E-state index in [2.05, 4.69) is 29.6 Å². The summed E-state index contributed by atoms with van der Waals surface area (Å²) in [4.78, 5) is 26.9. The number of pyridine rings is 1. The van der Waals surface area contributed by atoms with Crippen LogP contribution in [0.25, 0.3) is 5.57 Å². The quantitative estimate of drug-likeness (QED) is 0.446. The molecule has 1 unspecified atom stereocenters. The standard InChI is InChI=1S/C25H36N6O.C2H6/c1-6-10-20(25(32)31(7-2)16-14-26)24-18(3)28-22(30(24)5)17-29(4)21-13-8-11-19-12-9-15-27-23(19)21;1-2/h6,9-10,12,15,21H,1,7-8,11,13-14,16-17,26H2,2-5H3;1-2H3/b20-10+;. The molecule has 1 atom stereocenters. The normalized spacial score (nSPS) is 15.4. The van der Waals surface area contributed by atoms with Gasteiger partial charge in [-0.1, -0.05) is 32.6 Å². The average Bonchev–Trinajstić information content (AvgIpc) is 3.13. The molecule has 1 aliphatic rings. The van der Waals surface area contributed by atoms with Crippen LogP contribution >= 0.6 is 0 Å². The van der Waals surface area contributed by atoms with E-state index in [0.29, 0.717) is 31.8 Å². The zero-order valence-corrected chi connectivity index (χ0v) is 21.8. The summed E-state index contributed by atoms with van der Waals surface area (Å²) in [6.45, 7) is 14.0. The molecule has 7 heteroatoms. The predicted molar refractivity (Wildman–Crippen MR) is 140 cm³/mol. The van der Waals surface area contributed by atoms with Gasteiger partial charge in [-0.25, -0.2) is 4.98 Å². The number of hydrogen-bond acceptors (Lipinski definition) is 5. The first-order valence-electron chi connectivity index (χ1n) is 12.4. The van der Waals surface area contributed by atoms with Gasteiger partial charge in [-0.3, -0.25) is 14.7 Å². The molecule has 0 bridgehead atoms. The van der Waals surface area contributed by atoms with Gasteiger partial charge >= 0.3 is 0 Å². The van der Waals surface area contributed by atoms with Gasteiger partial charge < -0.3 is 15.2 Å². The van der Waals surface area contributed by atoms with Gasteiger partial charge in [0, 0.05) is 32.9 Å². The summed E-state index contributed by atoms with van der Waals surface area (Å²) in [5.74, 6) is 0.877. The molecule has 2 aromatic rings. The van der Waals surface area contributed by atoms with E-state index in [0.717, 1.165) is 36.5 Å². The van der Waals surface area contributed by atoms with Crippen molar-refractivity contribution in [2.75, 3.05) is 26.7 Å². The van der Waals surface area contributed by atoms with Gasteiger partial charge in [0.05, 0.1) is 35.2 Å². The molecule has 7 nitrogen and oxygen atoms in total. The summed E-state index contributed by atoms with van der Waals surface area (Å²) in [6.07, 6.45) is 8.65. The van der Waals surface area contributed by atoms with Crippen LogP contribution in [0.5, 0.6) is 0 Å². The van der Waals surface area contributed by atoms with E-state index in [4.69, 9.17) is 10.7 Å². The van der Waals surface area contributed by atoms with Gasteiger partial charge in [-0.2, -0.15) is 0 Å². The first-order valence-corrected chi connectivity index (χ1v) is 12.4. The summed E-state index contributed by atoms with van der Waals surface area (Å²) in [5, 5.41) is 0. The summed E-state index contributed by atoms with van der Waals surface area (Å²) in [7, 11) is 4.11. The van der Waals surface area contributed by atoms with Gasteiger partial charge in [0.1, 0.15) is 5.82 Å². The fourth-order valence-electron chi connectivity index (χ4n) is 4.66. The Labute approximate surface area is 205 Å². The number of nitrogens with zero attached hydrogens (tertiary/aromatic N) is 5. The highest BCUT2D eigenvalue weighted by atomic mass is 16.2. The third-order valence-electron chi connectivity index (χ3n) is 6.29. The second-order valence-electron chi connectivity index (χ2n) is 8.38. The smallest absolute Gasteiger partial charge is 0.256 e. The maximum Gasteiger partial charge on any atom is 0.256 e. The minimum absolute atomic E-state index is 0.0470. The van der Waals surface area contributed by atoms with Crippen molar-refractivity contribution in [2.45, 2.75) is 59.5 Å². The molecular weight excluding hydrogens is 424 g/mol. The number of imidazole rings is 1. The van der Waals surface area contributed by atoms with Gasteiger partial charge in [-0.15, -0.1) is 0 Å². The number of aryl methyl sites for hydroxylation is 2. The molecule has 186 valence electrons. The van der Waals surface area contributed by atoms with E-state index in [1.807, 2.05) is 51.6 Å². The lowest BCUT2D eigenvalue weighted by molar-refractivity contribution is -0.124. The maximum absolute atomic E-state index is 13.3. The summed E-state index contributed by atoms with van der Waals surface area (Å²) in [6, 6.07) is 4.47. The molecular formula is C27H42N6O. The van der Waals surface area contributed by atoms with Crippen molar-refractivity contribution in [3.05, 3.63) is 65.5 Å². The Hall–Kier alpha value is -2.77. The van der Waals surface area contributed by atoms with Crippen LogP contribution in [0.4, 0.5) is 0 Å². The van der Waals surface area contributed by atoms with Gasteiger partial charge in [-0.05, 0) is 57.9 Å². The van der Waals surface area contributed by atoms with Crippen LogP contribution in [-0.4, -0.2) is 56.9 Å². The lowest BCUT2D eigenvalue weighted by atomic mass is 9.91. The zero-order valence-electron chi connectivity index (χ0n) is 21.8. The molecule has 0 radical (unpaired) electrons. The van der Waals surface area contributed by atoms with Crippen LogP contribution in [0, 0.1) is 6.92 Å². The largest absolute Gasteiger partial charge is 0.338 e. The highest BCUT2D eigenvalue weighted by Gasteiger charge is 2.28. The van der Waals surface area contributed by atoms with Crippen LogP contribution in [0.1, 0.15) is 68.1 Å². The van der Waals surface area contributed by atoms with Gasteiger partial charge in [0.25, 0.3) is 5.91 Å². The number of carbonyl (C=O) groups is 1. The highest BCUT2D eigenvalue weighted by molar-refractivity contribution is 6.19. The summed E-state index contributed by atoms with van der Waals surface area (Å²) >= 11 is 0. The maximum atomic E-state index is 13.3. The number of carbonyl (C=O) groups excluding carboxylic acids is 1. The number of rotatable bonds is 9. The fraction of sp³-hybridized carbons (Fsp3) is 0.519. The zero-order chi connectivity index (χ0) is 25.3. The van der Waals surface area contributed by atoms with Crippen LogP contribution in [0.15, 0.2) is 37.1 Å². The van der Waals surface area contributed by atoms with Crippen molar-refractivity contribution in [1.29, 1.82) is 0 Å². The van der Waals surface area contributed by atoms with Crippen molar-refractivity contribution < 1.29 is 4.79 Å². The molecule has 0 aromatic carbocycles. The number of amides is 1. The Balaban J connectivity index is 0.00000199. The predicted octanol–water partition coefficient (Wildman–Crippen LogP) is 4.04. The van der Waals surface area contributed by atoms with Crippen LogP contribution in [0.3, 0.4) is 0 Å². The van der Waals surface area contributed by atoms with E-state index in [9.17, 15) is 4.79 Å². The Kier molecular flexibility index (Phi) is 10.7. The lowest BCUT2D eigenvalue weighted by Crippen LogP contribution is -2.36. The molecule has 3 rings (SSSR count). The molecule has 2 aromatic heterocycles. The molecule has 2 heterocycles. The second kappa shape index (κ2) is 13.2. The van der Waals surface area contributed by atoms with Crippen molar-refractivity contribution in [2.24, 2.45) is 12.8 Å². The molecule has 2 N–H and O–H groups in total. The Bertz CT molecular complexity index is 993. The number of allylic oxidation sites excluding steroid dienone is 2. The van der Waals surface area contributed by atoms with E-state index in [1.165, 1.54) is 11.3 Å². The third-order valence-corrected chi connectivity index (χ3v) is 6.29. The SMILES string of the molecule is C=C/C=C(/C(=O)N(CC)CCN)c1c(C)nc(CN(C)C2CCCc3cccnc32)n1C.CC. The Morgan fingerprint density at radius 1 is 1.38 bits per heavy atom. The Morgan fingerprint density at radius 3 is 2.76 bits per heavy atom. The first-order chi connectivity index (χ1) is 16.4. The molecule has 34 heavy (non-hydrogen) atoms. The number of fused-ring (bicyclic) bond motifs is 1. The van der Waals surface area contributed by atoms with Crippen molar-refractivity contribution >= 4 is 11.5 Å². The van der Waals surface area contributed by atoms with Gasteiger partial charge in [0.15, 0.2) is 0 Å². The second-order valence-corrected chi connectivity index (χ2v) is 8.38. The number of nitrogens with two attached hydrogens (primary N) is 1. The monoisotopic (exact) mass is 466 g/mol. The summed E-state index contributed by atoms with van der Waals surface area (Å²) in [5.41, 5.74) is 10.5. The summed E-state index contributed by atoms with van der Waals surface area (Å²) < 4.78 is 2.04. The average molecular weight is 467 g/mol. The number of hydrogen-bond donors (Lipinski definition) is 1. The first kappa shape index (κ1) is 27.5. The van der Waals surface area contributed by atoms with E-state index >= 15 is 0 Å². The molecule has 0 spiro atoms. The van der Waals surface area contributed by atoms with Crippen LogP contribution in [0.2, 0.25) is 0 Å². The topological polar surface area (TPSA) is 80.3 Å². The van der Waals surface area contributed by atoms with Crippen molar-refractivity contribution in [3.63, 3.8) is 0 Å². The molecule has 1 aliphatic carbocycles. The molecule has 0 aliphatic heterocycles. The van der Waals surface area contributed by atoms with E-state index in [1.54, 1.807) is 17.1 Å². The minimum atomic E-state index is -0.0470. The molecule has 0 saturated heterocycles. The van der Waals surface area contributed by atoms with Crippen LogP contribution in [-0.2, 0) is 24.8 Å². The molecule has 0 saturated carbocycles. The minimum Gasteiger partial charge on any atom is -0.338 e. The molecule has 1 amide bonds. The fourth-order valence-corrected chi connectivity index (χ4v) is 4.66. The van der Waals surface area contributed by atoms with Crippen LogP contribution < -0.4 is 5.73 Å². The Morgan fingerprint density at radius 2 is 2.12 bits per heavy atom. The lowest BCUT2D eigenvalue weighted by Gasteiger charge is -2.32. The van der Waals surface area contributed by atoms with E-state index in [-0.39, 0.29) is 11.9 Å². The van der Waals surface area contributed by atoms with E-state index < -0.39 is 0 Å². The third kappa shape index (κ3) is 6.02. The highest BCUT2D eigenvalue weighted by Crippen LogP contribution is 2.33. The van der Waals surface area contributed by atoms with Crippen molar-refractivity contribution in [1.82, 2.24) is 24.3 Å².